The van der Waals surface area contributed by atoms with E-state index in [1.165, 1.54) is 18.4 Å². The van der Waals surface area contributed by atoms with Crippen molar-refractivity contribution in [1.29, 1.82) is 0 Å². The van der Waals surface area contributed by atoms with Gasteiger partial charge in [0.05, 0.1) is 5.92 Å². The van der Waals surface area contributed by atoms with Crippen molar-refractivity contribution in [2.75, 3.05) is 39.3 Å². The Kier molecular flexibility index (Phi) is 6.60. The Balaban J connectivity index is 1.25. The summed E-state index contributed by atoms with van der Waals surface area (Å²) in [6.07, 6.45) is 10.3. The Morgan fingerprint density at radius 1 is 1.00 bits per heavy atom. The van der Waals surface area contributed by atoms with Crippen molar-refractivity contribution in [2.24, 2.45) is 11.7 Å². The van der Waals surface area contributed by atoms with Gasteiger partial charge in [0.1, 0.15) is 0 Å². The highest BCUT2D eigenvalue weighted by atomic mass is 16.2. The maximum absolute atomic E-state index is 13.0. The van der Waals surface area contributed by atoms with E-state index in [2.05, 4.69) is 31.8 Å². The molecule has 3 aliphatic rings. The lowest BCUT2D eigenvalue weighted by molar-refractivity contribution is -0.138. The van der Waals surface area contributed by atoms with Crippen molar-refractivity contribution >= 4 is 5.91 Å². The van der Waals surface area contributed by atoms with Gasteiger partial charge in [0.15, 0.2) is 0 Å². The second-order valence-electron chi connectivity index (χ2n) is 8.86. The van der Waals surface area contributed by atoms with Crippen LogP contribution < -0.4 is 5.73 Å². The Hall–Kier alpha value is -1.50. The van der Waals surface area contributed by atoms with E-state index in [0.717, 1.165) is 71.5 Å². The maximum atomic E-state index is 13.0. The molecule has 3 aliphatic heterocycles. The first-order valence-electron chi connectivity index (χ1n) is 11.1. The van der Waals surface area contributed by atoms with E-state index < -0.39 is 0 Å². The lowest BCUT2D eigenvalue weighted by Crippen LogP contribution is -2.52. The molecular formula is C22H35N5O. The number of carbonyl (C=O) groups excluding carboxylic acids is 1. The average molecular weight is 386 g/mol. The molecule has 4 heterocycles. The Morgan fingerprint density at radius 3 is 2.43 bits per heavy atom. The van der Waals surface area contributed by atoms with Crippen LogP contribution in [0.5, 0.6) is 0 Å². The predicted molar refractivity (Wildman–Crippen MR) is 111 cm³/mol. The molecule has 3 fully saturated rings. The van der Waals surface area contributed by atoms with Crippen LogP contribution in [0.1, 0.15) is 44.1 Å². The number of pyridine rings is 1. The van der Waals surface area contributed by atoms with E-state index >= 15 is 0 Å². The molecule has 154 valence electrons. The fraction of sp³-hybridized carbons (Fsp3) is 0.727. The third kappa shape index (κ3) is 4.91. The average Bonchev–Trinajstić information content (AvgIpc) is 2.75. The minimum atomic E-state index is 0.193. The van der Waals surface area contributed by atoms with Crippen LogP contribution in [0, 0.1) is 5.92 Å². The Labute approximate surface area is 169 Å². The molecule has 4 rings (SSSR count). The van der Waals surface area contributed by atoms with Gasteiger partial charge in [-0.1, -0.05) is 0 Å². The topological polar surface area (TPSA) is 65.7 Å². The summed E-state index contributed by atoms with van der Waals surface area (Å²) in [5.74, 6) is 0.574. The molecule has 2 N–H and O–H groups in total. The standard InChI is InChI=1S/C22H35N5O/c23-20-5-14-26(15-6-20)22(28)19-2-1-11-27(17-19)21-7-12-25(13-8-21)16-18-3-9-24-10-4-18/h3-4,9-10,19-21H,1-2,5-8,11-17,23H2/t19-/m0/s1. The molecule has 1 atom stereocenters. The zero-order valence-corrected chi connectivity index (χ0v) is 17.0. The third-order valence-electron chi connectivity index (χ3n) is 6.88. The van der Waals surface area contributed by atoms with Crippen molar-refractivity contribution in [3.05, 3.63) is 30.1 Å². The SMILES string of the molecule is NC1CCN(C(=O)[C@H]2CCCN(C3CCN(Cc4ccncc4)CC3)C2)CC1. The first kappa shape index (κ1) is 19.8. The van der Waals surface area contributed by atoms with E-state index in [-0.39, 0.29) is 12.0 Å². The zero-order valence-electron chi connectivity index (χ0n) is 17.0. The van der Waals surface area contributed by atoms with E-state index in [4.69, 9.17) is 5.73 Å². The van der Waals surface area contributed by atoms with E-state index in [1.807, 2.05) is 12.4 Å². The second-order valence-corrected chi connectivity index (χ2v) is 8.86. The highest BCUT2D eigenvalue weighted by molar-refractivity contribution is 5.79. The number of hydrogen-bond donors (Lipinski definition) is 1. The number of likely N-dealkylation sites (tertiary alicyclic amines) is 3. The number of nitrogens with two attached hydrogens (primary N) is 1. The van der Waals surface area contributed by atoms with Crippen LogP contribution in [-0.4, -0.2) is 76.9 Å². The van der Waals surface area contributed by atoms with Crippen molar-refractivity contribution in [2.45, 2.75) is 57.2 Å². The summed E-state index contributed by atoms with van der Waals surface area (Å²) in [5, 5.41) is 0. The van der Waals surface area contributed by atoms with Gasteiger partial charge in [-0.25, -0.2) is 0 Å². The summed E-state index contributed by atoms with van der Waals surface area (Å²) in [4.78, 5) is 24.3. The first-order chi connectivity index (χ1) is 13.7. The molecule has 0 spiro atoms. The van der Waals surface area contributed by atoms with Gasteiger partial charge in [0, 0.05) is 50.7 Å². The molecule has 1 aromatic rings. The molecule has 0 radical (unpaired) electrons. The number of amides is 1. The van der Waals surface area contributed by atoms with Gasteiger partial charge in [0.25, 0.3) is 0 Å². The lowest BCUT2D eigenvalue weighted by Gasteiger charge is -2.43. The fourth-order valence-electron chi connectivity index (χ4n) is 5.11. The van der Waals surface area contributed by atoms with E-state index in [0.29, 0.717) is 11.9 Å². The summed E-state index contributed by atoms with van der Waals surface area (Å²) >= 11 is 0. The number of rotatable bonds is 4. The molecule has 6 nitrogen and oxygen atoms in total. The molecule has 0 bridgehead atoms. The van der Waals surface area contributed by atoms with E-state index in [9.17, 15) is 4.79 Å². The number of hydrogen-bond acceptors (Lipinski definition) is 5. The summed E-state index contributed by atoms with van der Waals surface area (Å²) in [6, 6.07) is 5.14. The van der Waals surface area contributed by atoms with Crippen LogP contribution in [0.2, 0.25) is 0 Å². The Morgan fingerprint density at radius 2 is 1.71 bits per heavy atom. The lowest BCUT2D eigenvalue weighted by atomic mass is 9.92. The minimum absolute atomic E-state index is 0.193. The molecule has 1 aromatic heterocycles. The second kappa shape index (κ2) is 9.33. The molecule has 0 aliphatic carbocycles. The summed E-state index contributed by atoms with van der Waals surface area (Å²) in [5.41, 5.74) is 7.35. The largest absolute Gasteiger partial charge is 0.342 e. The molecule has 1 amide bonds. The molecule has 0 saturated carbocycles. The van der Waals surface area contributed by atoms with Crippen LogP contribution in [0.4, 0.5) is 0 Å². The fourth-order valence-corrected chi connectivity index (χ4v) is 5.11. The predicted octanol–water partition coefficient (Wildman–Crippen LogP) is 1.71. The first-order valence-corrected chi connectivity index (χ1v) is 11.1. The molecule has 28 heavy (non-hydrogen) atoms. The highest BCUT2D eigenvalue weighted by Crippen LogP contribution is 2.26. The van der Waals surface area contributed by atoms with Crippen LogP contribution in [0.3, 0.4) is 0 Å². The summed E-state index contributed by atoms with van der Waals surface area (Å²) in [7, 11) is 0. The van der Waals surface area contributed by atoms with Crippen molar-refractivity contribution < 1.29 is 4.79 Å². The highest BCUT2D eigenvalue weighted by Gasteiger charge is 2.34. The molecule has 0 unspecified atom stereocenters. The van der Waals surface area contributed by atoms with Gasteiger partial charge in [-0.2, -0.15) is 0 Å². The van der Waals surface area contributed by atoms with E-state index in [1.54, 1.807) is 0 Å². The van der Waals surface area contributed by atoms with Crippen molar-refractivity contribution in [1.82, 2.24) is 19.7 Å². The van der Waals surface area contributed by atoms with Crippen molar-refractivity contribution in [3.63, 3.8) is 0 Å². The van der Waals surface area contributed by atoms with Crippen LogP contribution in [0.25, 0.3) is 0 Å². The third-order valence-corrected chi connectivity index (χ3v) is 6.88. The van der Waals surface area contributed by atoms with Crippen molar-refractivity contribution in [3.8, 4) is 0 Å². The van der Waals surface area contributed by atoms with Crippen LogP contribution in [-0.2, 0) is 11.3 Å². The van der Waals surface area contributed by atoms with Gasteiger partial charge in [-0.15, -0.1) is 0 Å². The maximum Gasteiger partial charge on any atom is 0.226 e. The normalized spacial score (nSPS) is 26.5. The number of nitrogens with zero attached hydrogens (tertiary/aromatic N) is 4. The Bertz CT molecular complexity index is 623. The number of aromatic nitrogens is 1. The summed E-state index contributed by atoms with van der Waals surface area (Å²) < 4.78 is 0. The summed E-state index contributed by atoms with van der Waals surface area (Å²) in [6.45, 7) is 7.12. The van der Waals surface area contributed by atoms with Gasteiger partial charge in [-0.05, 0) is 75.9 Å². The quantitative estimate of drug-likeness (QED) is 0.855. The van der Waals surface area contributed by atoms with Gasteiger partial charge < -0.3 is 10.6 Å². The van der Waals surface area contributed by atoms with Crippen LogP contribution in [0.15, 0.2) is 24.5 Å². The molecule has 3 saturated heterocycles. The van der Waals surface area contributed by atoms with Crippen LogP contribution >= 0.6 is 0 Å². The monoisotopic (exact) mass is 385 g/mol. The molecule has 0 aromatic carbocycles. The van der Waals surface area contributed by atoms with Gasteiger partial charge >= 0.3 is 0 Å². The number of carbonyl (C=O) groups is 1. The minimum Gasteiger partial charge on any atom is -0.342 e. The van der Waals surface area contributed by atoms with Gasteiger partial charge in [0.2, 0.25) is 5.91 Å². The smallest absolute Gasteiger partial charge is 0.226 e. The number of piperidine rings is 3. The zero-order chi connectivity index (χ0) is 19.3. The molecule has 6 heteroatoms. The molecular weight excluding hydrogens is 350 g/mol. The van der Waals surface area contributed by atoms with Gasteiger partial charge in [-0.3, -0.25) is 19.6 Å².